The summed E-state index contributed by atoms with van der Waals surface area (Å²) < 4.78 is 39.6. The van der Waals surface area contributed by atoms with Crippen LogP contribution in [0.4, 0.5) is 18.9 Å². The number of nitrogens with one attached hydrogen (secondary N) is 1. The maximum Gasteiger partial charge on any atom is 0.433 e. The molecule has 0 aliphatic rings. The summed E-state index contributed by atoms with van der Waals surface area (Å²) >= 11 is 0. The Labute approximate surface area is 122 Å². The summed E-state index contributed by atoms with van der Waals surface area (Å²) in [6, 6.07) is 3.74. The minimum Gasteiger partial charge on any atom is -0.384 e. The fourth-order valence-electron chi connectivity index (χ4n) is 2.57. The number of hydrogen-bond acceptors (Lipinski definition) is 2. The molecule has 0 atom stereocenters. The third-order valence-electron chi connectivity index (χ3n) is 3.49. The molecule has 0 radical (unpaired) electrons. The van der Waals surface area contributed by atoms with Gasteiger partial charge in [0.15, 0.2) is 0 Å². The quantitative estimate of drug-likeness (QED) is 0.862. The highest BCUT2D eigenvalue weighted by molar-refractivity contribution is 5.95. The highest BCUT2D eigenvalue weighted by atomic mass is 19.4. The van der Waals surface area contributed by atoms with Crippen LogP contribution in [-0.4, -0.2) is 11.5 Å². The predicted octanol–water partition coefficient (Wildman–Crippen LogP) is 5.00. The molecule has 0 bridgehead atoms. The van der Waals surface area contributed by atoms with Gasteiger partial charge in [0.05, 0.1) is 5.52 Å². The van der Waals surface area contributed by atoms with Gasteiger partial charge in [-0.05, 0) is 38.8 Å². The number of hydrogen-bond donors (Lipinski definition) is 1. The van der Waals surface area contributed by atoms with Gasteiger partial charge in [-0.2, -0.15) is 13.2 Å². The van der Waals surface area contributed by atoms with Crippen LogP contribution < -0.4 is 5.32 Å². The summed E-state index contributed by atoms with van der Waals surface area (Å²) in [5.74, 6) is 0. The van der Waals surface area contributed by atoms with Gasteiger partial charge in [-0.15, -0.1) is 0 Å². The van der Waals surface area contributed by atoms with Crippen molar-refractivity contribution < 1.29 is 13.2 Å². The number of fused-ring (bicyclic) bond motifs is 1. The minimum atomic E-state index is -4.45. The zero-order chi connectivity index (χ0) is 15.8. The first kappa shape index (κ1) is 15.6. The van der Waals surface area contributed by atoms with Crippen molar-refractivity contribution >= 4 is 16.6 Å². The van der Waals surface area contributed by atoms with E-state index < -0.39 is 11.9 Å². The molecule has 0 saturated carbocycles. The second-order valence-corrected chi connectivity index (χ2v) is 5.36. The second-order valence-electron chi connectivity index (χ2n) is 5.36. The first-order chi connectivity index (χ1) is 9.75. The van der Waals surface area contributed by atoms with Crippen molar-refractivity contribution in [1.82, 2.24) is 4.98 Å². The van der Waals surface area contributed by atoms with Crippen molar-refractivity contribution in [1.29, 1.82) is 0 Å². The fraction of sp³-hybridized carbons (Fsp3) is 0.438. The third kappa shape index (κ3) is 2.96. The smallest absolute Gasteiger partial charge is 0.384 e. The number of anilines is 1. The summed E-state index contributed by atoms with van der Waals surface area (Å²) in [5, 5.41) is 3.89. The van der Waals surface area contributed by atoms with Crippen LogP contribution in [0, 0.1) is 20.8 Å². The molecule has 1 N–H and O–H groups in total. The lowest BCUT2D eigenvalue weighted by Crippen LogP contribution is -2.14. The van der Waals surface area contributed by atoms with Crippen LogP contribution in [0.2, 0.25) is 0 Å². The molecule has 0 fully saturated rings. The Morgan fingerprint density at radius 3 is 2.38 bits per heavy atom. The summed E-state index contributed by atoms with van der Waals surface area (Å²) in [5.41, 5.74) is 2.09. The second kappa shape index (κ2) is 5.54. The number of pyridine rings is 1. The number of aromatic nitrogens is 1. The SMILES string of the molecule is CCCNc1c(C)c(C(F)(F)F)nc2c(C)cc(C)cc12. The molecule has 0 saturated heterocycles. The molecule has 0 amide bonds. The van der Waals surface area contributed by atoms with Crippen LogP contribution in [0.5, 0.6) is 0 Å². The summed E-state index contributed by atoms with van der Waals surface area (Å²) in [6.45, 7) is 7.81. The molecule has 114 valence electrons. The lowest BCUT2D eigenvalue weighted by molar-refractivity contribution is -0.141. The van der Waals surface area contributed by atoms with Crippen LogP contribution in [0.15, 0.2) is 12.1 Å². The maximum absolute atomic E-state index is 13.2. The average Bonchev–Trinajstić information content (AvgIpc) is 2.35. The van der Waals surface area contributed by atoms with Crippen molar-refractivity contribution in [3.05, 3.63) is 34.5 Å². The normalized spacial score (nSPS) is 12.0. The summed E-state index contributed by atoms with van der Waals surface area (Å²) in [4.78, 5) is 3.89. The van der Waals surface area contributed by atoms with E-state index >= 15 is 0 Å². The van der Waals surface area contributed by atoms with E-state index in [1.54, 1.807) is 6.92 Å². The van der Waals surface area contributed by atoms with Crippen molar-refractivity contribution in [2.24, 2.45) is 0 Å². The lowest BCUT2D eigenvalue weighted by Gasteiger charge is -2.18. The molecule has 2 rings (SSSR count). The van der Waals surface area contributed by atoms with Crippen LogP contribution in [0.1, 0.15) is 35.7 Å². The van der Waals surface area contributed by atoms with Crippen molar-refractivity contribution in [3.63, 3.8) is 0 Å². The molecule has 0 unspecified atom stereocenters. The van der Waals surface area contributed by atoms with Gasteiger partial charge in [-0.25, -0.2) is 4.98 Å². The van der Waals surface area contributed by atoms with Gasteiger partial charge in [-0.3, -0.25) is 0 Å². The number of alkyl halides is 3. The number of nitrogens with zero attached hydrogens (tertiary/aromatic N) is 1. The first-order valence-corrected chi connectivity index (χ1v) is 6.98. The van der Waals surface area contributed by atoms with Gasteiger partial charge in [-0.1, -0.05) is 18.6 Å². The standard InChI is InChI=1S/C16H19F3N2/c1-5-6-20-14-11(4)15(16(17,18)19)21-13-10(3)7-9(2)8-12(13)14/h7-8H,5-6H2,1-4H3,(H,20,21). The van der Waals surface area contributed by atoms with E-state index in [-0.39, 0.29) is 5.56 Å². The Balaban J connectivity index is 2.83. The van der Waals surface area contributed by atoms with Crippen LogP contribution in [0.3, 0.4) is 0 Å². The fourth-order valence-corrected chi connectivity index (χ4v) is 2.57. The molecular formula is C16H19F3N2. The highest BCUT2D eigenvalue weighted by Gasteiger charge is 2.36. The minimum absolute atomic E-state index is 0.161. The third-order valence-corrected chi connectivity index (χ3v) is 3.49. The van der Waals surface area contributed by atoms with E-state index in [9.17, 15) is 13.2 Å². The Kier molecular flexibility index (Phi) is 4.12. The predicted molar refractivity (Wildman–Crippen MR) is 79.7 cm³/mol. The van der Waals surface area contributed by atoms with Crippen LogP contribution in [-0.2, 0) is 6.18 Å². The molecule has 21 heavy (non-hydrogen) atoms. The number of aryl methyl sites for hydroxylation is 2. The van der Waals surface area contributed by atoms with E-state index in [2.05, 4.69) is 10.3 Å². The van der Waals surface area contributed by atoms with Crippen molar-refractivity contribution in [2.45, 2.75) is 40.3 Å². The van der Waals surface area contributed by atoms with Gasteiger partial charge in [0.2, 0.25) is 0 Å². The highest BCUT2D eigenvalue weighted by Crippen LogP contribution is 2.38. The number of rotatable bonds is 3. The Morgan fingerprint density at radius 2 is 1.81 bits per heavy atom. The molecule has 1 aromatic carbocycles. The summed E-state index contributed by atoms with van der Waals surface area (Å²) in [7, 11) is 0. The van der Waals surface area contributed by atoms with Gasteiger partial charge in [0, 0.05) is 23.2 Å². The molecule has 2 nitrogen and oxygen atoms in total. The zero-order valence-electron chi connectivity index (χ0n) is 12.7. The molecule has 5 heteroatoms. The topological polar surface area (TPSA) is 24.9 Å². The molecule has 1 aromatic heterocycles. The van der Waals surface area contributed by atoms with E-state index in [0.29, 0.717) is 17.7 Å². The van der Waals surface area contributed by atoms with E-state index in [0.717, 1.165) is 22.9 Å². The Bertz CT molecular complexity index is 676. The number of halogens is 3. The van der Waals surface area contributed by atoms with E-state index in [1.165, 1.54) is 6.92 Å². The average molecular weight is 296 g/mol. The Morgan fingerprint density at radius 1 is 1.14 bits per heavy atom. The van der Waals surface area contributed by atoms with Gasteiger partial charge >= 0.3 is 6.18 Å². The van der Waals surface area contributed by atoms with Crippen LogP contribution in [0.25, 0.3) is 10.9 Å². The van der Waals surface area contributed by atoms with Gasteiger partial charge in [0.1, 0.15) is 5.69 Å². The molecule has 0 aliphatic heterocycles. The van der Waals surface area contributed by atoms with Gasteiger partial charge in [0.25, 0.3) is 0 Å². The van der Waals surface area contributed by atoms with Crippen molar-refractivity contribution in [3.8, 4) is 0 Å². The first-order valence-electron chi connectivity index (χ1n) is 6.98. The maximum atomic E-state index is 13.2. The molecule has 0 aliphatic carbocycles. The molecular weight excluding hydrogens is 277 g/mol. The number of benzene rings is 1. The lowest BCUT2D eigenvalue weighted by atomic mass is 10.0. The van der Waals surface area contributed by atoms with Crippen LogP contribution >= 0.6 is 0 Å². The van der Waals surface area contributed by atoms with Crippen molar-refractivity contribution in [2.75, 3.05) is 11.9 Å². The van der Waals surface area contributed by atoms with E-state index in [1.807, 2.05) is 26.0 Å². The molecule has 1 heterocycles. The largest absolute Gasteiger partial charge is 0.433 e. The van der Waals surface area contributed by atoms with Gasteiger partial charge < -0.3 is 5.32 Å². The van der Waals surface area contributed by atoms with E-state index in [4.69, 9.17) is 0 Å². The Hall–Kier alpha value is -1.78. The molecule has 0 spiro atoms. The summed E-state index contributed by atoms with van der Waals surface area (Å²) in [6.07, 6.45) is -3.60. The zero-order valence-corrected chi connectivity index (χ0v) is 12.7. The monoisotopic (exact) mass is 296 g/mol. The molecule has 2 aromatic rings.